The predicted octanol–water partition coefficient (Wildman–Crippen LogP) is 1.61. The fourth-order valence-corrected chi connectivity index (χ4v) is 3.81. The highest BCUT2D eigenvalue weighted by atomic mass is 32.2. The minimum atomic E-state index is -1.01. The number of carboxylic acids is 1. The van der Waals surface area contributed by atoms with E-state index in [2.05, 4.69) is 5.32 Å². The van der Waals surface area contributed by atoms with Gasteiger partial charge >= 0.3 is 5.97 Å². The lowest BCUT2D eigenvalue weighted by Crippen LogP contribution is -2.48. The zero-order valence-electron chi connectivity index (χ0n) is 10.3. The summed E-state index contributed by atoms with van der Waals surface area (Å²) >= 11 is 8.00. The molecule has 2 N–H and O–H groups in total. The minimum absolute atomic E-state index is 0.00818. The largest absolute Gasteiger partial charge is 0.477 e. The first kappa shape index (κ1) is 14.7. The van der Waals surface area contributed by atoms with Gasteiger partial charge in [-0.15, -0.1) is 23.5 Å². The second kappa shape index (κ2) is 6.15. The van der Waals surface area contributed by atoms with Crippen LogP contribution in [0.2, 0.25) is 0 Å². The average Bonchev–Trinajstić information content (AvgIpc) is 2.67. The van der Waals surface area contributed by atoms with E-state index in [0.717, 1.165) is 22.2 Å². The second-order valence-corrected chi connectivity index (χ2v) is 6.90. The van der Waals surface area contributed by atoms with E-state index >= 15 is 0 Å². The maximum Gasteiger partial charge on any atom is 0.353 e. The molecule has 2 heterocycles. The standard InChI is InChI=1S/C11H14N2O3S3/c1-18-11(17)12-4-2-3-6-9(10(15)16)13-7(14)5-8(13)19-6/h8H,2-5H2,1H3,(H,12,17)(H,15,16)/t8-/m0/s1. The topological polar surface area (TPSA) is 69.6 Å². The first-order valence-electron chi connectivity index (χ1n) is 5.81. The number of carbonyl (C=O) groups excluding carboxylic acids is 1. The van der Waals surface area contributed by atoms with Crippen molar-refractivity contribution in [1.82, 2.24) is 10.2 Å². The Morgan fingerprint density at radius 1 is 1.68 bits per heavy atom. The van der Waals surface area contributed by atoms with Crippen molar-refractivity contribution in [2.24, 2.45) is 0 Å². The number of hydrogen-bond acceptors (Lipinski definition) is 5. The monoisotopic (exact) mass is 318 g/mol. The van der Waals surface area contributed by atoms with Gasteiger partial charge in [-0.05, 0) is 19.1 Å². The molecule has 1 saturated heterocycles. The number of rotatable bonds is 5. The van der Waals surface area contributed by atoms with Crippen molar-refractivity contribution in [2.45, 2.75) is 24.6 Å². The molecule has 0 saturated carbocycles. The van der Waals surface area contributed by atoms with Crippen molar-refractivity contribution in [3.05, 3.63) is 10.6 Å². The number of aliphatic carboxylic acids is 1. The summed E-state index contributed by atoms with van der Waals surface area (Å²) in [6.07, 6.45) is 3.81. The molecule has 0 aliphatic carbocycles. The molecule has 0 bridgehead atoms. The van der Waals surface area contributed by atoms with E-state index in [-0.39, 0.29) is 17.0 Å². The van der Waals surface area contributed by atoms with Gasteiger partial charge in [-0.1, -0.05) is 12.2 Å². The number of fused-ring (bicyclic) bond motifs is 1. The van der Waals surface area contributed by atoms with Gasteiger partial charge < -0.3 is 10.4 Å². The molecule has 8 heteroatoms. The van der Waals surface area contributed by atoms with Crippen LogP contribution in [0.3, 0.4) is 0 Å². The number of carboxylic acid groups (broad SMARTS) is 1. The molecule has 0 radical (unpaired) electrons. The van der Waals surface area contributed by atoms with Crippen LogP contribution in [0.4, 0.5) is 0 Å². The summed E-state index contributed by atoms with van der Waals surface area (Å²) in [5, 5.41) is 12.3. The number of thioether (sulfide) groups is 2. The molecule has 19 heavy (non-hydrogen) atoms. The van der Waals surface area contributed by atoms with Crippen molar-refractivity contribution in [3.63, 3.8) is 0 Å². The Morgan fingerprint density at radius 3 is 3.00 bits per heavy atom. The van der Waals surface area contributed by atoms with Gasteiger partial charge in [0.2, 0.25) is 5.91 Å². The third kappa shape index (κ3) is 3.06. The van der Waals surface area contributed by atoms with Gasteiger partial charge in [0.05, 0.1) is 11.8 Å². The van der Waals surface area contributed by atoms with Crippen LogP contribution in [-0.2, 0) is 9.59 Å². The van der Waals surface area contributed by atoms with Crippen molar-refractivity contribution >= 4 is 51.9 Å². The normalized spacial score (nSPS) is 21.2. The van der Waals surface area contributed by atoms with E-state index in [9.17, 15) is 14.7 Å². The second-order valence-electron chi connectivity index (χ2n) is 4.14. The number of thiocarbonyl (C=S) groups is 1. The molecule has 0 aromatic heterocycles. The highest BCUT2D eigenvalue weighted by molar-refractivity contribution is 8.22. The fraction of sp³-hybridized carbons (Fsp3) is 0.545. The molecule has 5 nitrogen and oxygen atoms in total. The highest BCUT2D eigenvalue weighted by Gasteiger charge is 2.47. The Kier molecular flexibility index (Phi) is 4.75. The van der Waals surface area contributed by atoms with Crippen molar-refractivity contribution < 1.29 is 14.7 Å². The summed E-state index contributed by atoms with van der Waals surface area (Å²) in [6, 6.07) is 0. The van der Waals surface area contributed by atoms with E-state index in [1.54, 1.807) is 0 Å². The molecule has 0 spiro atoms. The summed E-state index contributed by atoms with van der Waals surface area (Å²) in [5.41, 5.74) is 0.179. The van der Waals surface area contributed by atoms with E-state index < -0.39 is 5.97 Å². The Labute approximate surface area is 125 Å². The summed E-state index contributed by atoms with van der Waals surface area (Å²) in [6.45, 7) is 0.718. The Bertz CT molecular complexity index is 464. The third-order valence-electron chi connectivity index (χ3n) is 2.93. The number of hydrogen-bond donors (Lipinski definition) is 2. The van der Waals surface area contributed by atoms with Gasteiger partial charge in [0.1, 0.15) is 10.0 Å². The Morgan fingerprint density at radius 2 is 2.42 bits per heavy atom. The maximum absolute atomic E-state index is 11.4. The fourth-order valence-electron chi connectivity index (χ4n) is 2.02. The molecule has 2 aliphatic rings. The van der Waals surface area contributed by atoms with Crippen LogP contribution >= 0.6 is 35.7 Å². The van der Waals surface area contributed by atoms with Crippen LogP contribution in [0.5, 0.6) is 0 Å². The van der Waals surface area contributed by atoms with E-state index in [1.165, 1.54) is 28.4 Å². The summed E-state index contributed by atoms with van der Waals surface area (Å²) in [4.78, 5) is 24.9. The van der Waals surface area contributed by atoms with Crippen LogP contribution < -0.4 is 5.32 Å². The van der Waals surface area contributed by atoms with Gasteiger partial charge in [0.15, 0.2) is 0 Å². The van der Waals surface area contributed by atoms with Gasteiger partial charge in [-0.25, -0.2) is 4.79 Å². The van der Waals surface area contributed by atoms with Crippen LogP contribution in [0.15, 0.2) is 10.6 Å². The zero-order chi connectivity index (χ0) is 14.0. The lowest BCUT2D eigenvalue weighted by molar-refractivity contribution is -0.145. The highest BCUT2D eigenvalue weighted by Crippen LogP contribution is 2.47. The van der Waals surface area contributed by atoms with E-state index in [4.69, 9.17) is 12.2 Å². The SMILES string of the molecule is CSC(=S)NCCCC1=C(C(=O)O)N2C(=O)C[C@@H]2S1. The lowest BCUT2D eigenvalue weighted by Gasteiger charge is -2.33. The molecule has 1 amide bonds. The van der Waals surface area contributed by atoms with Crippen LogP contribution in [-0.4, -0.2) is 44.4 Å². The number of allylic oxidation sites excluding steroid dienone is 1. The molecule has 1 atom stereocenters. The minimum Gasteiger partial charge on any atom is -0.477 e. The zero-order valence-corrected chi connectivity index (χ0v) is 12.8. The maximum atomic E-state index is 11.4. The molecular weight excluding hydrogens is 304 g/mol. The van der Waals surface area contributed by atoms with Gasteiger partial charge in [0.25, 0.3) is 0 Å². The number of nitrogens with zero attached hydrogens (tertiary/aromatic N) is 1. The Balaban J connectivity index is 1.90. The van der Waals surface area contributed by atoms with Crippen LogP contribution in [0, 0.1) is 0 Å². The average molecular weight is 318 g/mol. The molecule has 0 unspecified atom stereocenters. The number of β-lactam (4-membered cyclic amide) rings is 1. The molecule has 1 fully saturated rings. The van der Waals surface area contributed by atoms with Gasteiger partial charge in [-0.3, -0.25) is 9.69 Å². The van der Waals surface area contributed by atoms with Crippen molar-refractivity contribution in [1.29, 1.82) is 0 Å². The first-order valence-corrected chi connectivity index (χ1v) is 8.33. The summed E-state index contributed by atoms with van der Waals surface area (Å²) < 4.78 is 0.741. The van der Waals surface area contributed by atoms with Crippen molar-refractivity contribution in [3.8, 4) is 0 Å². The summed E-state index contributed by atoms with van der Waals surface area (Å²) in [5.74, 6) is -1.10. The molecule has 2 rings (SSSR count). The lowest BCUT2D eigenvalue weighted by atomic mass is 10.1. The third-order valence-corrected chi connectivity index (χ3v) is 5.42. The molecular formula is C11H14N2O3S3. The molecule has 0 aromatic carbocycles. The smallest absolute Gasteiger partial charge is 0.353 e. The predicted molar refractivity (Wildman–Crippen MR) is 80.9 cm³/mol. The van der Waals surface area contributed by atoms with E-state index in [0.29, 0.717) is 12.8 Å². The quantitative estimate of drug-likeness (QED) is 0.453. The Hall–Kier alpha value is -0.730. The van der Waals surface area contributed by atoms with Crippen molar-refractivity contribution in [2.75, 3.05) is 12.8 Å². The number of carbonyl (C=O) groups is 2. The number of nitrogens with one attached hydrogen (secondary N) is 1. The molecule has 0 aromatic rings. The number of amides is 1. The molecule has 104 valence electrons. The summed E-state index contributed by atoms with van der Waals surface area (Å²) in [7, 11) is 0. The van der Waals surface area contributed by atoms with Crippen LogP contribution in [0.25, 0.3) is 0 Å². The molecule has 2 aliphatic heterocycles. The van der Waals surface area contributed by atoms with E-state index in [1.807, 2.05) is 6.26 Å². The van der Waals surface area contributed by atoms with Crippen LogP contribution in [0.1, 0.15) is 19.3 Å². The van der Waals surface area contributed by atoms with Gasteiger partial charge in [0, 0.05) is 11.4 Å². The first-order chi connectivity index (χ1) is 9.04. The van der Waals surface area contributed by atoms with Gasteiger partial charge in [-0.2, -0.15) is 0 Å².